The van der Waals surface area contributed by atoms with Crippen molar-refractivity contribution in [1.29, 1.82) is 0 Å². The lowest BCUT2D eigenvalue weighted by Gasteiger charge is -2.32. The zero-order chi connectivity index (χ0) is 30.1. The summed E-state index contributed by atoms with van der Waals surface area (Å²) in [6, 6.07) is 6.87. The Kier molecular flexibility index (Phi) is 8.71. The topological polar surface area (TPSA) is 141 Å². The van der Waals surface area contributed by atoms with Gasteiger partial charge in [-0.1, -0.05) is 6.07 Å². The molecular formula is C28H31N3O8S2. The number of nitrogens with one attached hydrogen (secondary N) is 1. The molecule has 2 aliphatic rings. The highest BCUT2D eigenvalue weighted by Crippen LogP contribution is 2.42. The molecule has 2 unspecified atom stereocenters. The molecule has 0 radical (unpaired) electrons. The van der Waals surface area contributed by atoms with Crippen LogP contribution in [0.15, 0.2) is 35.4 Å². The molecule has 4 rings (SSSR count). The molecule has 1 saturated heterocycles. The number of rotatable bonds is 5. The van der Waals surface area contributed by atoms with Gasteiger partial charge in [-0.25, -0.2) is 9.59 Å². The van der Waals surface area contributed by atoms with Crippen LogP contribution in [0.2, 0.25) is 0 Å². The Morgan fingerprint density at radius 3 is 2.46 bits per heavy atom. The summed E-state index contributed by atoms with van der Waals surface area (Å²) < 4.78 is 16.8. The zero-order valence-corrected chi connectivity index (χ0v) is 25.1. The summed E-state index contributed by atoms with van der Waals surface area (Å²) in [5.74, 6) is -3.10. The number of amides is 3. The molecule has 11 nitrogen and oxygen atoms in total. The second-order valence-corrected chi connectivity index (χ2v) is 13.4. The molecule has 41 heavy (non-hydrogen) atoms. The molecule has 0 aliphatic carbocycles. The molecule has 2 atom stereocenters. The molecule has 2 aromatic rings. The van der Waals surface area contributed by atoms with Crippen molar-refractivity contribution in [3.63, 3.8) is 0 Å². The summed E-state index contributed by atoms with van der Waals surface area (Å²) in [5.41, 5.74) is -0.417. The first kappa shape index (κ1) is 30.4. The number of thioether (sulfide) groups is 1. The van der Waals surface area contributed by atoms with Gasteiger partial charge in [0.1, 0.15) is 17.3 Å². The van der Waals surface area contributed by atoms with E-state index in [1.54, 1.807) is 72.0 Å². The maximum atomic E-state index is 13.2. The smallest absolute Gasteiger partial charge is 0.397 e. The summed E-state index contributed by atoms with van der Waals surface area (Å²) in [5, 5.41) is 2.37. The number of esters is 2. The van der Waals surface area contributed by atoms with Crippen LogP contribution in [-0.4, -0.2) is 62.7 Å². The highest BCUT2D eigenvalue weighted by atomic mass is 32.2. The first-order valence-electron chi connectivity index (χ1n) is 12.8. The molecule has 2 aliphatic heterocycles. The summed E-state index contributed by atoms with van der Waals surface area (Å²) >= 11 is 1.91. The van der Waals surface area contributed by atoms with Gasteiger partial charge >= 0.3 is 17.8 Å². The van der Waals surface area contributed by atoms with E-state index in [4.69, 9.17) is 14.2 Å². The van der Waals surface area contributed by atoms with E-state index in [-0.39, 0.29) is 17.9 Å². The van der Waals surface area contributed by atoms with E-state index in [1.807, 2.05) is 0 Å². The number of thiophene rings is 1. The van der Waals surface area contributed by atoms with Gasteiger partial charge in [0.25, 0.3) is 11.1 Å². The predicted molar refractivity (Wildman–Crippen MR) is 153 cm³/mol. The van der Waals surface area contributed by atoms with Crippen LogP contribution in [0, 0.1) is 0 Å². The van der Waals surface area contributed by atoms with Crippen LogP contribution < -0.4 is 5.32 Å². The van der Waals surface area contributed by atoms with Crippen molar-refractivity contribution in [2.45, 2.75) is 71.4 Å². The van der Waals surface area contributed by atoms with Gasteiger partial charge in [0.05, 0.1) is 22.1 Å². The summed E-state index contributed by atoms with van der Waals surface area (Å²) in [6.45, 7) is 9.99. The van der Waals surface area contributed by atoms with Crippen molar-refractivity contribution in [2.24, 2.45) is 0 Å². The van der Waals surface area contributed by atoms with Crippen molar-refractivity contribution >= 4 is 63.2 Å². The number of hydrogen-bond acceptors (Lipinski definition) is 11. The van der Waals surface area contributed by atoms with E-state index in [9.17, 15) is 24.0 Å². The second kappa shape index (κ2) is 11.7. The maximum absolute atomic E-state index is 13.2. The number of carbonyl (C=O) groups is 5. The maximum Gasteiger partial charge on any atom is 0.397 e. The molecule has 4 heterocycles. The predicted octanol–water partition coefficient (Wildman–Crippen LogP) is 4.48. The number of hydrogen-bond donors (Lipinski definition) is 1. The Morgan fingerprint density at radius 2 is 1.83 bits per heavy atom. The van der Waals surface area contributed by atoms with Gasteiger partial charge in [-0.2, -0.15) is 0 Å². The van der Waals surface area contributed by atoms with Crippen LogP contribution >= 0.6 is 23.1 Å². The quantitative estimate of drug-likeness (QED) is 0.296. The monoisotopic (exact) mass is 601 g/mol. The van der Waals surface area contributed by atoms with E-state index in [0.717, 1.165) is 28.0 Å². The highest BCUT2D eigenvalue weighted by Gasteiger charge is 2.42. The van der Waals surface area contributed by atoms with Gasteiger partial charge in [-0.15, -0.1) is 11.3 Å². The van der Waals surface area contributed by atoms with Crippen molar-refractivity contribution in [3.8, 4) is 0 Å². The van der Waals surface area contributed by atoms with Crippen LogP contribution in [-0.2, 0) is 39.8 Å². The second-order valence-electron chi connectivity index (χ2n) is 11.4. The van der Waals surface area contributed by atoms with Crippen LogP contribution in [0.3, 0.4) is 0 Å². The molecule has 0 saturated carbocycles. The fourth-order valence-corrected chi connectivity index (χ4v) is 5.93. The molecule has 0 spiro atoms. The number of pyridine rings is 1. The van der Waals surface area contributed by atoms with E-state index in [1.165, 1.54) is 6.08 Å². The lowest BCUT2D eigenvalue weighted by Crippen LogP contribution is -2.41. The minimum absolute atomic E-state index is 0.140. The summed E-state index contributed by atoms with van der Waals surface area (Å²) in [6.07, 6.45) is 1.37. The molecule has 1 N–H and O–H groups in total. The first-order chi connectivity index (χ1) is 19.1. The average Bonchev–Trinajstić information content (AvgIpc) is 3.38. The molecule has 13 heteroatoms. The van der Waals surface area contributed by atoms with Gasteiger partial charge in [0, 0.05) is 17.5 Å². The van der Waals surface area contributed by atoms with Gasteiger partial charge < -0.3 is 19.5 Å². The third-order valence-electron chi connectivity index (χ3n) is 5.55. The third-order valence-corrected chi connectivity index (χ3v) is 7.64. The van der Waals surface area contributed by atoms with Crippen molar-refractivity contribution in [3.05, 3.63) is 51.5 Å². The fraction of sp³-hybridized carbons (Fsp3) is 0.429. The Hall–Kier alpha value is -3.55. The molecule has 3 amide bonds. The number of ether oxygens (including phenoxy) is 3. The number of fused-ring (bicyclic) bond motifs is 1. The average molecular weight is 602 g/mol. The lowest BCUT2D eigenvalue weighted by molar-refractivity contribution is -0.174. The van der Waals surface area contributed by atoms with Crippen LogP contribution in [0.1, 0.15) is 63.8 Å². The molecule has 0 aromatic carbocycles. The summed E-state index contributed by atoms with van der Waals surface area (Å²) in [4.78, 5) is 69.7. The molecular weight excluding hydrogens is 570 g/mol. The molecule has 1 fully saturated rings. The number of anilines is 1. The van der Waals surface area contributed by atoms with Gasteiger partial charge in [-0.3, -0.25) is 24.3 Å². The van der Waals surface area contributed by atoms with Crippen LogP contribution in [0.5, 0.6) is 0 Å². The number of aromatic nitrogens is 1. The SMILES string of the molecule is CC(C)(C)OC(=O)C(=O)Nc1cc2c(s1)C(CN1C(=O)SC(=Cc3ccccn3)C1=O)OC(C(=O)OC(C)(C)C)C2. The van der Waals surface area contributed by atoms with Crippen molar-refractivity contribution in [2.75, 3.05) is 11.9 Å². The summed E-state index contributed by atoms with van der Waals surface area (Å²) in [7, 11) is 0. The standard InChI is InChI=1S/C28H31N3O8S2/c1-27(2,3)38-24(34)17-11-15-12-20(30-22(32)25(35)39-28(4,5)6)41-21(15)18(37-17)14-31-23(33)19(40-26(31)36)13-16-9-7-8-10-29-16/h7-10,12-13,17-18H,11,14H2,1-6H3,(H,30,32). The lowest BCUT2D eigenvalue weighted by atomic mass is 10.0. The fourth-order valence-electron chi connectivity index (χ4n) is 3.98. The minimum atomic E-state index is -1.04. The van der Waals surface area contributed by atoms with E-state index in [2.05, 4.69) is 10.3 Å². The number of imide groups is 1. The third kappa shape index (κ3) is 7.80. The van der Waals surface area contributed by atoms with Crippen molar-refractivity contribution in [1.82, 2.24) is 9.88 Å². The minimum Gasteiger partial charge on any atom is -0.458 e. The van der Waals surface area contributed by atoms with Crippen LogP contribution in [0.4, 0.5) is 9.80 Å². The zero-order valence-electron chi connectivity index (χ0n) is 23.5. The Balaban J connectivity index is 1.59. The Labute approximate surface area is 245 Å². The van der Waals surface area contributed by atoms with Gasteiger partial charge in [0.2, 0.25) is 0 Å². The first-order valence-corrected chi connectivity index (χ1v) is 14.4. The van der Waals surface area contributed by atoms with E-state index >= 15 is 0 Å². The van der Waals surface area contributed by atoms with E-state index in [0.29, 0.717) is 21.1 Å². The molecule has 0 bridgehead atoms. The van der Waals surface area contributed by atoms with Crippen LogP contribution in [0.25, 0.3) is 6.08 Å². The number of nitrogens with zero attached hydrogens (tertiary/aromatic N) is 2. The van der Waals surface area contributed by atoms with Gasteiger partial charge in [-0.05, 0) is 83.1 Å². The van der Waals surface area contributed by atoms with E-state index < -0.39 is 52.4 Å². The normalized spacial score (nSPS) is 20.1. The van der Waals surface area contributed by atoms with Gasteiger partial charge in [0.15, 0.2) is 6.10 Å². The highest BCUT2D eigenvalue weighted by molar-refractivity contribution is 8.18. The van der Waals surface area contributed by atoms with Crippen molar-refractivity contribution < 1.29 is 38.2 Å². The Bertz CT molecular complexity index is 1410. The molecule has 2 aromatic heterocycles. The number of carbonyl (C=O) groups excluding carboxylic acids is 5. The largest absolute Gasteiger partial charge is 0.458 e. The Morgan fingerprint density at radius 1 is 1.12 bits per heavy atom. The molecule has 218 valence electrons.